The Kier molecular flexibility index (Phi) is 7.51. The number of non-ortho nitro benzene ring substituents is 1. The molecule has 0 spiro atoms. The zero-order valence-electron chi connectivity index (χ0n) is 14.7. The predicted molar refractivity (Wildman–Crippen MR) is 104 cm³/mol. The number of aliphatic hydroxyl groups is 1. The Labute approximate surface area is 166 Å². The fourth-order valence-electron chi connectivity index (χ4n) is 2.37. The van der Waals surface area contributed by atoms with E-state index in [9.17, 15) is 25.3 Å². The second kappa shape index (κ2) is 10.1. The molecule has 144 valence electrons. The van der Waals surface area contributed by atoms with Crippen LogP contribution in [0.25, 0.3) is 0 Å². The number of nitrogens with one attached hydrogen (secondary N) is 1. The molecule has 0 bridgehead atoms. The molecule has 0 fully saturated rings. The van der Waals surface area contributed by atoms with Crippen LogP contribution in [0.5, 0.6) is 0 Å². The molecule has 2 aromatic rings. The van der Waals surface area contributed by atoms with Gasteiger partial charge in [-0.2, -0.15) is 5.26 Å². The molecule has 0 aliphatic carbocycles. The third-order valence-corrected chi connectivity index (χ3v) is 4.03. The lowest BCUT2D eigenvalue weighted by atomic mass is 10.2. The van der Waals surface area contributed by atoms with E-state index >= 15 is 0 Å². The highest BCUT2D eigenvalue weighted by Gasteiger charge is 2.16. The smallest absolute Gasteiger partial charge is 0.271 e. The summed E-state index contributed by atoms with van der Waals surface area (Å²) in [4.78, 5) is 24.3. The maximum absolute atomic E-state index is 12.4. The van der Waals surface area contributed by atoms with E-state index in [2.05, 4.69) is 5.32 Å². The minimum absolute atomic E-state index is 0.0267. The van der Waals surface area contributed by atoms with Crippen LogP contribution in [0.4, 0.5) is 11.4 Å². The number of nitro groups is 1. The average Bonchev–Trinajstić information content (AvgIpc) is 2.68. The summed E-state index contributed by atoms with van der Waals surface area (Å²) in [5.74, 6) is -0.763. The molecule has 0 unspecified atom stereocenters. The van der Waals surface area contributed by atoms with Gasteiger partial charge < -0.3 is 15.3 Å². The highest BCUT2D eigenvalue weighted by molar-refractivity contribution is 6.34. The first-order valence-corrected chi connectivity index (χ1v) is 8.58. The first-order valence-electron chi connectivity index (χ1n) is 8.20. The summed E-state index contributed by atoms with van der Waals surface area (Å²) in [7, 11) is 0. The molecule has 28 heavy (non-hydrogen) atoms. The molecule has 2 aromatic carbocycles. The van der Waals surface area contributed by atoms with Gasteiger partial charge in [-0.25, -0.2) is 0 Å². The number of halogens is 1. The number of carbonyl (C=O) groups excluding carboxylic acids is 1. The van der Waals surface area contributed by atoms with E-state index in [4.69, 9.17) is 11.6 Å². The van der Waals surface area contributed by atoms with Crippen LogP contribution in [0.3, 0.4) is 0 Å². The summed E-state index contributed by atoms with van der Waals surface area (Å²) in [5, 5.41) is 32.0. The van der Waals surface area contributed by atoms with Crippen molar-refractivity contribution >= 4 is 28.9 Å². The first-order chi connectivity index (χ1) is 13.4. The molecular weight excluding hydrogens is 384 g/mol. The molecule has 0 aliphatic rings. The molecule has 0 saturated carbocycles. The van der Waals surface area contributed by atoms with Crippen molar-refractivity contribution in [3.63, 3.8) is 0 Å². The van der Waals surface area contributed by atoms with E-state index in [1.165, 1.54) is 18.3 Å². The number of carbonyl (C=O) groups is 1. The normalized spacial score (nSPS) is 10.8. The largest absolute Gasteiger partial charge is 0.395 e. The van der Waals surface area contributed by atoms with Crippen molar-refractivity contribution in [2.75, 3.05) is 18.5 Å². The number of nitriles is 1. The molecular formula is C19H17ClN4O4. The molecule has 1 amide bonds. The van der Waals surface area contributed by atoms with E-state index in [-0.39, 0.29) is 35.1 Å². The van der Waals surface area contributed by atoms with Gasteiger partial charge in [0.15, 0.2) is 0 Å². The van der Waals surface area contributed by atoms with Crippen molar-refractivity contribution in [2.45, 2.75) is 6.54 Å². The summed E-state index contributed by atoms with van der Waals surface area (Å²) in [6, 6.07) is 14.8. The number of amides is 1. The van der Waals surface area contributed by atoms with Gasteiger partial charge in [0.05, 0.1) is 22.2 Å². The lowest BCUT2D eigenvalue weighted by Gasteiger charge is -2.20. The van der Waals surface area contributed by atoms with Crippen LogP contribution in [-0.4, -0.2) is 34.0 Å². The summed E-state index contributed by atoms with van der Waals surface area (Å²) in [6.45, 7) is 0.433. The van der Waals surface area contributed by atoms with Crippen LogP contribution in [0.2, 0.25) is 5.02 Å². The van der Waals surface area contributed by atoms with E-state index in [1.807, 2.05) is 30.3 Å². The Morgan fingerprint density at radius 1 is 1.32 bits per heavy atom. The second-order valence-corrected chi connectivity index (χ2v) is 6.12. The van der Waals surface area contributed by atoms with Gasteiger partial charge in [0, 0.05) is 31.4 Å². The Balaban J connectivity index is 2.22. The summed E-state index contributed by atoms with van der Waals surface area (Å²) in [6.07, 6.45) is 1.34. The minimum atomic E-state index is -0.763. The summed E-state index contributed by atoms with van der Waals surface area (Å²) < 4.78 is 0. The fraction of sp³-hybridized carbons (Fsp3) is 0.158. The lowest BCUT2D eigenvalue weighted by molar-refractivity contribution is -0.384. The van der Waals surface area contributed by atoms with Crippen molar-refractivity contribution < 1.29 is 14.8 Å². The topological polar surface area (TPSA) is 120 Å². The van der Waals surface area contributed by atoms with Crippen molar-refractivity contribution in [2.24, 2.45) is 0 Å². The van der Waals surface area contributed by atoms with Gasteiger partial charge in [-0.1, -0.05) is 41.9 Å². The van der Waals surface area contributed by atoms with E-state index in [1.54, 1.807) is 11.0 Å². The maximum atomic E-state index is 12.4. The van der Waals surface area contributed by atoms with E-state index in [0.29, 0.717) is 6.54 Å². The zero-order chi connectivity index (χ0) is 20.5. The third-order valence-electron chi connectivity index (χ3n) is 3.70. The van der Waals surface area contributed by atoms with Gasteiger partial charge in [-0.05, 0) is 11.6 Å². The molecule has 0 aliphatic heterocycles. The molecule has 0 heterocycles. The number of hydrogen-bond donors (Lipinski definition) is 2. The quantitative estimate of drug-likeness (QED) is 0.304. The van der Waals surface area contributed by atoms with Gasteiger partial charge >= 0.3 is 0 Å². The van der Waals surface area contributed by atoms with E-state index < -0.39 is 10.8 Å². The average molecular weight is 401 g/mol. The standard InChI is InChI=1S/C19H17ClN4O4/c20-17-7-6-16(24(27)28)10-18(17)22-19(26)15(11-21)13-23(8-9-25)12-14-4-2-1-3-5-14/h1-7,10,13,25H,8-9,12H2,(H,22,26)/b15-13-. The molecule has 9 heteroatoms. The molecule has 2 rings (SSSR count). The number of benzene rings is 2. The number of hydrogen-bond acceptors (Lipinski definition) is 6. The lowest BCUT2D eigenvalue weighted by Crippen LogP contribution is -2.24. The van der Waals surface area contributed by atoms with Gasteiger partial charge in [-0.3, -0.25) is 14.9 Å². The number of aliphatic hydroxyl groups excluding tert-OH is 1. The highest BCUT2D eigenvalue weighted by atomic mass is 35.5. The second-order valence-electron chi connectivity index (χ2n) is 5.71. The number of rotatable bonds is 8. The van der Waals surface area contributed by atoms with Crippen LogP contribution in [0.15, 0.2) is 60.3 Å². The molecule has 0 aromatic heterocycles. The van der Waals surface area contributed by atoms with Crippen LogP contribution in [-0.2, 0) is 11.3 Å². The van der Waals surface area contributed by atoms with Gasteiger partial charge in [0.25, 0.3) is 11.6 Å². The van der Waals surface area contributed by atoms with Crippen molar-refractivity contribution in [1.82, 2.24) is 4.90 Å². The van der Waals surface area contributed by atoms with Crippen molar-refractivity contribution in [3.05, 3.63) is 81.0 Å². The van der Waals surface area contributed by atoms with Gasteiger partial charge in [0.2, 0.25) is 0 Å². The monoisotopic (exact) mass is 400 g/mol. The zero-order valence-corrected chi connectivity index (χ0v) is 15.5. The third kappa shape index (κ3) is 5.81. The maximum Gasteiger partial charge on any atom is 0.271 e. The predicted octanol–water partition coefficient (Wildman–Crippen LogP) is 3.09. The summed E-state index contributed by atoms with van der Waals surface area (Å²) in [5.41, 5.74) is 0.491. The number of nitro benzene ring substituents is 1. The molecule has 0 radical (unpaired) electrons. The Morgan fingerprint density at radius 2 is 2.04 bits per heavy atom. The minimum Gasteiger partial charge on any atom is -0.395 e. The van der Waals surface area contributed by atoms with E-state index in [0.717, 1.165) is 11.6 Å². The Bertz CT molecular complexity index is 925. The van der Waals surface area contributed by atoms with Crippen LogP contribution >= 0.6 is 11.6 Å². The number of nitrogens with zero attached hydrogens (tertiary/aromatic N) is 3. The Morgan fingerprint density at radius 3 is 2.64 bits per heavy atom. The SMILES string of the molecule is N#C/C(=C/N(CCO)Cc1ccccc1)C(=O)Nc1cc([N+](=O)[O-])ccc1Cl. The van der Waals surface area contributed by atoms with Crippen molar-refractivity contribution in [3.8, 4) is 6.07 Å². The van der Waals surface area contributed by atoms with Crippen molar-refractivity contribution in [1.29, 1.82) is 5.26 Å². The van der Waals surface area contributed by atoms with Gasteiger partial charge in [0.1, 0.15) is 11.6 Å². The van der Waals surface area contributed by atoms with Gasteiger partial charge in [-0.15, -0.1) is 0 Å². The van der Waals surface area contributed by atoms with Crippen LogP contribution < -0.4 is 5.32 Å². The van der Waals surface area contributed by atoms with Crippen LogP contribution in [0, 0.1) is 21.4 Å². The fourth-order valence-corrected chi connectivity index (χ4v) is 2.53. The molecule has 0 saturated heterocycles. The Hall–Kier alpha value is -3.41. The number of anilines is 1. The summed E-state index contributed by atoms with van der Waals surface area (Å²) >= 11 is 5.97. The van der Waals surface area contributed by atoms with Crippen LogP contribution in [0.1, 0.15) is 5.56 Å². The highest BCUT2D eigenvalue weighted by Crippen LogP contribution is 2.27. The first kappa shape index (κ1) is 20.9. The molecule has 8 nitrogen and oxygen atoms in total. The molecule has 2 N–H and O–H groups in total. The molecule has 0 atom stereocenters.